The van der Waals surface area contributed by atoms with Gasteiger partial charge in [0.05, 0.1) is 5.02 Å². The van der Waals surface area contributed by atoms with Crippen molar-refractivity contribution in [3.8, 4) is 0 Å². The molecule has 0 heterocycles. The van der Waals surface area contributed by atoms with E-state index in [1.165, 1.54) is 6.07 Å². The molecule has 4 heteroatoms. The maximum absolute atomic E-state index is 13.4. The minimum Gasteiger partial charge on any atom is -0.310 e. The van der Waals surface area contributed by atoms with E-state index in [1.54, 1.807) is 6.07 Å². The van der Waals surface area contributed by atoms with Crippen LogP contribution in [0, 0.1) is 11.2 Å². The van der Waals surface area contributed by atoms with Gasteiger partial charge in [-0.3, -0.25) is 0 Å². The SMILES string of the molecule is CC(NCCC(C)(C)C)c1c(Cl)ccc(F)c1Cl. The van der Waals surface area contributed by atoms with Crippen LogP contribution in [0.4, 0.5) is 4.39 Å². The van der Waals surface area contributed by atoms with Crippen LogP contribution in [0.1, 0.15) is 45.7 Å². The summed E-state index contributed by atoms with van der Waals surface area (Å²) in [6, 6.07) is 2.76. The Labute approximate surface area is 119 Å². The lowest BCUT2D eigenvalue weighted by Gasteiger charge is -2.22. The summed E-state index contributed by atoms with van der Waals surface area (Å²) in [5.74, 6) is -0.430. The summed E-state index contributed by atoms with van der Waals surface area (Å²) in [5, 5.41) is 3.94. The van der Waals surface area contributed by atoms with Gasteiger partial charge in [0.1, 0.15) is 5.82 Å². The summed E-state index contributed by atoms with van der Waals surface area (Å²) in [6.45, 7) is 9.33. The van der Waals surface area contributed by atoms with E-state index in [1.807, 2.05) is 6.92 Å². The quantitative estimate of drug-likeness (QED) is 0.750. The third kappa shape index (κ3) is 4.42. The summed E-state index contributed by atoms with van der Waals surface area (Å²) in [6.07, 6.45) is 1.03. The summed E-state index contributed by atoms with van der Waals surface area (Å²) in [4.78, 5) is 0. The lowest BCUT2D eigenvalue weighted by atomic mass is 9.92. The second kappa shape index (κ2) is 6.23. The summed E-state index contributed by atoms with van der Waals surface area (Å²) < 4.78 is 13.4. The van der Waals surface area contributed by atoms with Crippen LogP contribution in [-0.4, -0.2) is 6.54 Å². The average Bonchev–Trinajstić information content (AvgIpc) is 2.22. The lowest BCUT2D eigenvalue weighted by Crippen LogP contribution is -2.24. The van der Waals surface area contributed by atoms with Crippen molar-refractivity contribution < 1.29 is 4.39 Å². The highest BCUT2D eigenvalue weighted by atomic mass is 35.5. The minimum atomic E-state index is -0.430. The summed E-state index contributed by atoms with van der Waals surface area (Å²) in [5.41, 5.74) is 0.898. The fourth-order valence-corrected chi connectivity index (χ4v) is 2.40. The van der Waals surface area contributed by atoms with Gasteiger partial charge in [-0.15, -0.1) is 0 Å². The molecule has 0 fully saturated rings. The summed E-state index contributed by atoms with van der Waals surface area (Å²) >= 11 is 12.0. The van der Waals surface area contributed by atoms with Crippen molar-refractivity contribution >= 4 is 23.2 Å². The van der Waals surface area contributed by atoms with Crippen molar-refractivity contribution in [2.75, 3.05) is 6.54 Å². The van der Waals surface area contributed by atoms with Gasteiger partial charge >= 0.3 is 0 Å². The predicted octanol–water partition coefficient (Wildman–Crippen LogP) is 5.22. The molecule has 18 heavy (non-hydrogen) atoms. The Balaban J connectivity index is 2.73. The molecule has 0 amide bonds. The molecule has 0 spiro atoms. The monoisotopic (exact) mass is 291 g/mol. The van der Waals surface area contributed by atoms with Crippen LogP contribution in [-0.2, 0) is 0 Å². The number of benzene rings is 1. The third-order valence-corrected chi connectivity index (χ3v) is 3.55. The topological polar surface area (TPSA) is 12.0 Å². The average molecular weight is 292 g/mol. The molecule has 1 aromatic carbocycles. The predicted molar refractivity (Wildman–Crippen MR) is 76.9 cm³/mol. The highest BCUT2D eigenvalue weighted by molar-refractivity contribution is 6.36. The molecular formula is C14H20Cl2FN. The first kappa shape index (κ1) is 15.7. The molecule has 1 nitrogen and oxygen atoms in total. The molecule has 0 aliphatic rings. The van der Waals surface area contributed by atoms with Crippen molar-refractivity contribution in [1.82, 2.24) is 5.32 Å². The van der Waals surface area contributed by atoms with E-state index >= 15 is 0 Å². The smallest absolute Gasteiger partial charge is 0.142 e. The van der Waals surface area contributed by atoms with Gasteiger partial charge in [-0.2, -0.15) is 0 Å². The Morgan fingerprint density at radius 2 is 1.89 bits per heavy atom. The van der Waals surface area contributed by atoms with Crippen LogP contribution in [0.25, 0.3) is 0 Å². The van der Waals surface area contributed by atoms with Gasteiger partial charge in [-0.1, -0.05) is 44.0 Å². The van der Waals surface area contributed by atoms with Crippen molar-refractivity contribution in [2.45, 2.75) is 40.2 Å². The molecule has 1 N–H and O–H groups in total. The zero-order chi connectivity index (χ0) is 13.9. The van der Waals surface area contributed by atoms with Crippen LogP contribution in [0.2, 0.25) is 10.0 Å². The minimum absolute atomic E-state index is 0.0666. The molecule has 102 valence electrons. The Morgan fingerprint density at radius 3 is 2.44 bits per heavy atom. The normalized spacial score (nSPS) is 13.7. The molecule has 0 aromatic heterocycles. The molecule has 0 aliphatic heterocycles. The molecule has 0 saturated heterocycles. The maximum Gasteiger partial charge on any atom is 0.142 e. The van der Waals surface area contributed by atoms with Crippen molar-refractivity contribution in [3.63, 3.8) is 0 Å². The Hall–Kier alpha value is -0.310. The lowest BCUT2D eigenvalue weighted by molar-refractivity contribution is 0.358. The first-order valence-corrected chi connectivity index (χ1v) is 6.85. The van der Waals surface area contributed by atoms with E-state index in [4.69, 9.17) is 23.2 Å². The molecule has 1 aromatic rings. The van der Waals surface area contributed by atoms with Crippen LogP contribution < -0.4 is 5.32 Å². The van der Waals surface area contributed by atoms with Gasteiger partial charge in [0.15, 0.2) is 0 Å². The zero-order valence-electron chi connectivity index (χ0n) is 11.3. The van der Waals surface area contributed by atoms with Gasteiger partial charge in [0, 0.05) is 16.6 Å². The van der Waals surface area contributed by atoms with Gasteiger partial charge in [0.25, 0.3) is 0 Å². The van der Waals surface area contributed by atoms with Crippen molar-refractivity contribution in [3.05, 3.63) is 33.6 Å². The Kier molecular flexibility index (Phi) is 5.45. The largest absolute Gasteiger partial charge is 0.310 e. The molecule has 1 rings (SSSR count). The number of nitrogens with one attached hydrogen (secondary N) is 1. The van der Waals surface area contributed by atoms with Gasteiger partial charge in [-0.05, 0) is 37.4 Å². The number of hydrogen-bond donors (Lipinski definition) is 1. The fraction of sp³-hybridized carbons (Fsp3) is 0.571. The van der Waals surface area contributed by atoms with Crippen molar-refractivity contribution in [1.29, 1.82) is 0 Å². The first-order valence-electron chi connectivity index (χ1n) is 6.09. The number of halogens is 3. The second-order valence-corrected chi connectivity index (χ2v) is 6.53. The van der Waals surface area contributed by atoms with E-state index in [-0.39, 0.29) is 16.5 Å². The zero-order valence-corrected chi connectivity index (χ0v) is 12.8. The number of rotatable bonds is 4. The third-order valence-electron chi connectivity index (χ3n) is 2.84. The highest BCUT2D eigenvalue weighted by Gasteiger charge is 2.17. The fourth-order valence-electron chi connectivity index (χ4n) is 1.71. The van der Waals surface area contributed by atoms with E-state index in [0.29, 0.717) is 10.6 Å². The molecule has 0 radical (unpaired) electrons. The van der Waals surface area contributed by atoms with E-state index in [9.17, 15) is 4.39 Å². The van der Waals surface area contributed by atoms with Crippen LogP contribution >= 0.6 is 23.2 Å². The van der Waals surface area contributed by atoms with E-state index < -0.39 is 5.82 Å². The maximum atomic E-state index is 13.4. The highest BCUT2D eigenvalue weighted by Crippen LogP contribution is 2.32. The molecule has 0 aliphatic carbocycles. The van der Waals surface area contributed by atoms with Gasteiger partial charge in [0.2, 0.25) is 0 Å². The summed E-state index contributed by atoms with van der Waals surface area (Å²) in [7, 11) is 0. The molecule has 1 atom stereocenters. The van der Waals surface area contributed by atoms with Crippen LogP contribution in [0.5, 0.6) is 0 Å². The van der Waals surface area contributed by atoms with Crippen LogP contribution in [0.15, 0.2) is 12.1 Å². The standard InChI is InChI=1S/C14H20Cl2FN/c1-9(18-8-7-14(2,3)4)12-10(15)5-6-11(17)13(12)16/h5-6,9,18H,7-8H2,1-4H3. The Bertz CT molecular complexity index is 413. The second-order valence-electron chi connectivity index (χ2n) is 5.74. The molecule has 0 bridgehead atoms. The molecule has 1 unspecified atom stereocenters. The van der Waals surface area contributed by atoms with Crippen molar-refractivity contribution in [2.24, 2.45) is 5.41 Å². The molecule has 0 saturated carbocycles. The van der Waals surface area contributed by atoms with Gasteiger partial charge < -0.3 is 5.32 Å². The van der Waals surface area contributed by atoms with E-state index in [2.05, 4.69) is 26.1 Å². The van der Waals surface area contributed by atoms with Crippen LogP contribution in [0.3, 0.4) is 0 Å². The molecular weight excluding hydrogens is 272 g/mol. The van der Waals surface area contributed by atoms with E-state index in [0.717, 1.165) is 13.0 Å². The Morgan fingerprint density at radius 1 is 1.28 bits per heavy atom. The first-order chi connectivity index (χ1) is 8.22. The number of hydrogen-bond acceptors (Lipinski definition) is 1. The van der Waals surface area contributed by atoms with Gasteiger partial charge in [-0.25, -0.2) is 4.39 Å².